The van der Waals surface area contributed by atoms with Crippen molar-refractivity contribution in [3.8, 4) is 28.7 Å². The lowest BCUT2D eigenvalue weighted by Crippen LogP contribution is -2.18. The number of methoxy groups -OCH3 is 1. The zero-order valence-corrected chi connectivity index (χ0v) is 21.1. The molecule has 36 heavy (non-hydrogen) atoms. The van der Waals surface area contributed by atoms with E-state index >= 15 is 0 Å². The Labute approximate surface area is 211 Å². The Bertz CT molecular complexity index is 1140. The van der Waals surface area contributed by atoms with Crippen LogP contribution < -0.4 is 29.1 Å². The smallest absolute Gasteiger partial charge is 0.271 e. The van der Waals surface area contributed by atoms with Gasteiger partial charge in [0.2, 0.25) is 5.75 Å². The van der Waals surface area contributed by atoms with E-state index in [2.05, 4.69) is 10.5 Å². The van der Waals surface area contributed by atoms with E-state index in [1.54, 1.807) is 31.4 Å². The summed E-state index contributed by atoms with van der Waals surface area (Å²) in [6.07, 6.45) is 1.53. The van der Waals surface area contributed by atoms with Crippen LogP contribution in [0.1, 0.15) is 42.3 Å². The highest BCUT2D eigenvalue weighted by atomic mass is 16.5. The fourth-order valence-corrected chi connectivity index (χ4v) is 3.37. The van der Waals surface area contributed by atoms with Gasteiger partial charge in [-0.15, -0.1) is 0 Å². The highest BCUT2D eigenvalue weighted by Crippen LogP contribution is 2.39. The predicted molar refractivity (Wildman–Crippen MR) is 139 cm³/mol. The molecule has 3 aromatic carbocycles. The average Bonchev–Trinajstić information content (AvgIpc) is 2.90. The van der Waals surface area contributed by atoms with Crippen LogP contribution in [0.2, 0.25) is 0 Å². The van der Waals surface area contributed by atoms with Gasteiger partial charge >= 0.3 is 0 Å². The largest absolute Gasteiger partial charge is 0.493 e. The van der Waals surface area contributed by atoms with Crippen molar-refractivity contribution in [3.63, 3.8) is 0 Å². The lowest BCUT2D eigenvalue weighted by molar-refractivity contribution is 0.0954. The fraction of sp³-hybridized carbons (Fsp3) is 0.286. The first-order chi connectivity index (χ1) is 17.6. The molecule has 1 amide bonds. The first kappa shape index (κ1) is 26.4. The average molecular weight is 493 g/mol. The molecule has 0 radical (unpaired) electrons. The van der Waals surface area contributed by atoms with Crippen LogP contribution in [-0.2, 0) is 6.61 Å². The standard InChI is InChI=1S/C28H32N2O6/c1-5-33-25-16-22(17-26(34-6-2)27(25)35-7-3)28(31)30-29-18-21-13-14-23(24(15-21)32-4)36-19-20-11-9-8-10-12-20/h8-18H,5-7,19H2,1-4H3,(H,30,31)/b29-18+. The van der Waals surface area contributed by atoms with Crippen LogP contribution >= 0.6 is 0 Å². The van der Waals surface area contributed by atoms with Gasteiger partial charge < -0.3 is 23.7 Å². The minimum Gasteiger partial charge on any atom is -0.493 e. The van der Waals surface area contributed by atoms with Gasteiger partial charge in [-0.05, 0) is 62.2 Å². The second-order valence-electron chi connectivity index (χ2n) is 7.48. The molecule has 0 unspecified atom stereocenters. The van der Waals surface area contributed by atoms with Crippen molar-refractivity contribution in [1.82, 2.24) is 5.43 Å². The summed E-state index contributed by atoms with van der Waals surface area (Å²) in [5, 5.41) is 4.09. The number of carbonyl (C=O) groups excluding carboxylic acids is 1. The zero-order chi connectivity index (χ0) is 25.8. The first-order valence-electron chi connectivity index (χ1n) is 11.8. The Morgan fingerprint density at radius 1 is 0.806 bits per heavy atom. The number of nitrogens with zero attached hydrogens (tertiary/aromatic N) is 1. The molecule has 0 aliphatic heterocycles. The minimum atomic E-state index is -0.411. The van der Waals surface area contributed by atoms with Crippen molar-refractivity contribution < 1.29 is 28.5 Å². The molecule has 8 nitrogen and oxygen atoms in total. The van der Waals surface area contributed by atoms with Gasteiger partial charge in [-0.1, -0.05) is 30.3 Å². The fourth-order valence-electron chi connectivity index (χ4n) is 3.37. The highest BCUT2D eigenvalue weighted by molar-refractivity contribution is 5.96. The maximum absolute atomic E-state index is 12.8. The SMILES string of the molecule is CCOc1cc(C(=O)N/N=C/c2ccc(OCc3ccccc3)c(OC)c2)cc(OCC)c1OCC. The topological polar surface area (TPSA) is 87.6 Å². The summed E-state index contributed by atoms with van der Waals surface area (Å²) in [6, 6.07) is 18.5. The summed E-state index contributed by atoms with van der Waals surface area (Å²) >= 11 is 0. The number of carbonyl (C=O) groups is 1. The summed E-state index contributed by atoms with van der Waals surface area (Å²) in [6.45, 7) is 7.30. The van der Waals surface area contributed by atoms with E-state index in [0.29, 0.717) is 60.7 Å². The summed E-state index contributed by atoms with van der Waals surface area (Å²) in [4.78, 5) is 12.8. The van der Waals surface area contributed by atoms with Gasteiger partial charge in [0, 0.05) is 5.56 Å². The highest BCUT2D eigenvalue weighted by Gasteiger charge is 2.18. The lowest BCUT2D eigenvalue weighted by atomic mass is 10.1. The molecule has 0 fully saturated rings. The molecule has 0 bridgehead atoms. The quantitative estimate of drug-likeness (QED) is 0.260. The molecular formula is C28H32N2O6. The number of amides is 1. The molecule has 8 heteroatoms. The Kier molecular flexibility index (Phi) is 10.00. The van der Waals surface area contributed by atoms with E-state index in [0.717, 1.165) is 11.1 Å². The summed E-state index contributed by atoms with van der Waals surface area (Å²) in [7, 11) is 1.57. The lowest BCUT2D eigenvalue weighted by Gasteiger charge is -2.16. The summed E-state index contributed by atoms with van der Waals surface area (Å²) in [5.41, 5.74) is 4.67. The van der Waals surface area contributed by atoms with E-state index in [4.69, 9.17) is 23.7 Å². The molecule has 0 heterocycles. The molecule has 3 aromatic rings. The van der Waals surface area contributed by atoms with Crippen LogP contribution in [0.3, 0.4) is 0 Å². The van der Waals surface area contributed by atoms with Gasteiger partial charge in [0.25, 0.3) is 5.91 Å². The van der Waals surface area contributed by atoms with E-state index < -0.39 is 5.91 Å². The second-order valence-corrected chi connectivity index (χ2v) is 7.48. The predicted octanol–water partition coefficient (Wildman–Crippen LogP) is 5.23. The van der Waals surface area contributed by atoms with Crippen molar-refractivity contribution >= 4 is 12.1 Å². The maximum Gasteiger partial charge on any atom is 0.271 e. The molecule has 0 aliphatic rings. The molecular weight excluding hydrogens is 460 g/mol. The monoisotopic (exact) mass is 492 g/mol. The third-order valence-electron chi connectivity index (χ3n) is 4.98. The van der Waals surface area contributed by atoms with E-state index in [-0.39, 0.29) is 0 Å². The number of hydrogen-bond acceptors (Lipinski definition) is 7. The molecule has 0 saturated carbocycles. The Morgan fingerprint density at radius 3 is 2.08 bits per heavy atom. The molecule has 3 rings (SSSR count). The molecule has 0 aromatic heterocycles. The third kappa shape index (κ3) is 7.15. The molecule has 0 atom stereocenters. The van der Waals surface area contributed by atoms with Gasteiger partial charge in [0.05, 0.1) is 33.1 Å². The maximum atomic E-state index is 12.8. The Balaban J connectivity index is 1.70. The van der Waals surface area contributed by atoms with Crippen molar-refractivity contribution in [1.29, 1.82) is 0 Å². The van der Waals surface area contributed by atoms with E-state index in [9.17, 15) is 4.79 Å². The van der Waals surface area contributed by atoms with Crippen molar-refractivity contribution in [3.05, 3.63) is 77.4 Å². The number of nitrogens with one attached hydrogen (secondary N) is 1. The van der Waals surface area contributed by atoms with Crippen molar-refractivity contribution in [2.75, 3.05) is 26.9 Å². The number of hydrogen-bond donors (Lipinski definition) is 1. The van der Waals surface area contributed by atoms with Crippen LogP contribution in [0.15, 0.2) is 65.8 Å². The second kappa shape index (κ2) is 13.6. The summed E-state index contributed by atoms with van der Waals surface area (Å²) < 4.78 is 28.4. The molecule has 1 N–H and O–H groups in total. The number of rotatable bonds is 13. The van der Waals surface area contributed by atoms with Gasteiger partial charge in [0.1, 0.15) is 6.61 Å². The molecule has 0 saturated heterocycles. The van der Waals surface area contributed by atoms with Gasteiger partial charge in [-0.3, -0.25) is 4.79 Å². The minimum absolute atomic E-state index is 0.338. The molecule has 0 spiro atoms. The van der Waals surface area contributed by atoms with Crippen LogP contribution in [-0.4, -0.2) is 39.1 Å². The number of hydrazone groups is 1. The van der Waals surface area contributed by atoms with Crippen LogP contribution in [0, 0.1) is 0 Å². The molecule has 190 valence electrons. The van der Waals surface area contributed by atoms with E-state index in [1.165, 1.54) is 6.21 Å². The normalized spacial score (nSPS) is 10.7. The zero-order valence-electron chi connectivity index (χ0n) is 21.1. The first-order valence-corrected chi connectivity index (χ1v) is 11.8. The van der Waals surface area contributed by atoms with Crippen LogP contribution in [0.25, 0.3) is 0 Å². The Morgan fingerprint density at radius 2 is 1.47 bits per heavy atom. The number of benzene rings is 3. The molecule has 0 aliphatic carbocycles. The summed E-state index contributed by atoms with van der Waals surface area (Å²) in [5.74, 6) is 2.12. The van der Waals surface area contributed by atoms with Gasteiger partial charge in [-0.2, -0.15) is 5.10 Å². The Hall–Kier alpha value is -4.20. The van der Waals surface area contributed by atoms with Crippen LogP contribution in [0.5, 0.6) is 28.7 Å². The third-order valence-corrected chi connectivity index (χ3v) is 4.98. The van der Waals surface area contributed by atoms with Crippen molar-refractivity contribution in [2.45, 2.75) is 27.4 Å². The van der Waals surface area contributed by atoms with Gasteiger partial charge in [0.15, 0.2) is 23.0 Å². The van der Waals surface area contributed by atoms with Gasteiger partial charge in [-0.25, -0.2) is 5.43 Å². The number of ether oxygens (including phenoxy) is 5. The van der Waals surface area contributed by atoms with Crippen molar-refractivity contribution in [2.24, 2.45) is 5.10 Å². The van der Waals surface area contributed by atoms with E-state index in [1.807, 2.05) is 57.2 Å². The van der Waals surface area contributed by atoms with Crippen LogP contribution in [0.4, 0.5) is 0 Å².